The van der Waals surface area contributed by atoms with Crippen molar-refractivity contribution >= 4 is 5.78 Å². The fraction of sp³-hybridized carbons (Fsp3) is 0.583. The van der Waals surface area contributed by atoms with E-state index in [0.29, 0.717) is 6.42 Å². The molecule has 0 aromatic rings. The molecule has 0 saturated carbocycles. The van der Waals surface area contributed by atoms with Crippen molar-refractivity contribution in [2.75, 3.05) is 0 Å². The molecule has 0 aromatic heterocycles. The Morgan fingerprint density at radius 3 is 2.38 bits per heavy atom. The topological polar surface area (TPSA) is 17.1 Å². The highest BCUT2D eigenvalue weighted by atomic mass is 16.1. The van der Waals surface area contributed by atoms with Gasteiger partial charge in [0.1, 0.15) is 5.78 Å². The summed E-state index contributed by atoms with van der Waals surface area (Å²) in [5.41, 5.74) is 1.39. The van der Waals surface area contributed by atoms with Crippen LogP contribution in [0.15, 0.2) is 23.8 Å². The van der Waals surface area contributed by atoms with Gasteiger partial charge in [-0.2, -0.15) is 0 Å². The molecule has 0 rings (SSSR count). The Balaban J connectivity index is 3.56. The maximum Gasteiger partial charge on any atom is 0.130 e. The predicted molar refractivity (Wildman–Crippen MR) is 57.7 cm³/mol. The van der Waals surface area contributed by atoms with Gasteiger partial charge in [0.2, 0.25) is 0 Å². The molecule has 0 radical (unpaired) electrons. The maximum atomic E-state index is 10.6. The number of Topliss-reactive ketones (excluding diaryl/α,β-unsaturated/α-hetero) is 1. The van der Waals surface area contributed by atoms with Crippen molar-refractivity contribution in [1.29, 1.82) is 0 Å². The normalized spacial score (nSPS) is 12.4. The van der Waals surface area contributed by atoms with Gasteiger partial charge < -0.3 is 4.79 Å². The molecule has 0 N–H and O–H groups in total. The van der Waals surface area contributed by atoms with Crippen LogP contribution in [0.3, 0.4) is 0 Å². The minimum atomic E-state index is 0.275. The van der Waals surface area contributed by atoms with E-state index in [1.54, 1.807) is 6.92 Å². The summed E-state index contributed by atoms with van der Waals surface area (Å²) in [6, 6.07) is 0. The third kappa shape index (κ3) is 9.06. The van der Waals surface area contributed by atoms with Crippen molar-refractivity contribution in [1.82, 2.24) is 0 Å². The first-order valence-electron chi connectivity index (χ1n) is 4.93. The van der Waals surface area contributed by atoms with Crippen molar-refractivity contribution in [2.45, 2.75) is 46.5 Å². The van der Waals surface area contributed by atoms with Crippen LogP contribution >= 0.6 is 0 Å². The largest absolute Gasteiger partial charge is 0.300 e. The fourth-order valence-corrected chi connectivity index (χ4v) is 1.10. The second-order valence-electron chi connectivity index (χ2n) is 3.40. The lowest BCUT2D eigenvalue weighted by atomic mass is 10.1. The van der Waals surface area contributed by atoms with Gasteiger partial charge in [-0.15, -0.1) is 0 Å². The molecular weight excluding hydrogens is 160 g/mol. The Kier molecular flexibility index (Phi) is 7.27. The van der Waals surface area contributed by atoms with Gasteiger partial charge in [-0.05, 0) is 40.0 Å². The number of ketones is 1. The van der Waals surface area contributed by atoms with E-state index in [4.69, 9.17) is 0 Å². The van der Waals surface area contributed by atoms with Gasteiger partial charge in [0.15, 0.2) is 0 Å². The van der Waals surface area contributed by atoms with Crippen LogP contribution in [0.1, 0.15) is 46.5 Å². The summed E-state index contributed by atoms with van der Waals surface area (Å²) in [6.07, 6.45) is 10.2. The van der Waals surface area contributed by atoms with Crippen LogP contribution in [-0.4, -0.2) is 5.78 Å². The SMILES string of the molecule is CC=CCC/C(C)=C\CCC(C)=O. The van der Waals surface area contributed by atoms with Gasteiger partial charge in [-0.3, -0.25) is 0 Å². The molecule has 0 saturated heterocycles. The second kappa shape index (κ2) is 7.78. The molecule has 0 bridgehead atoms. The van der Waals surface area contributed by atoms with E-state index in [1.165, 1.54) is 5.57 Å². The highest BCUT2D eigenvalue weighted by molar-refractivity contribution is 5.75. The van der Waals surface area contributed by atoms with Crippen molar-refractivity contribution in [3.8, 4) is 0 Å². The predicted octanol–water partition coefficient (Wildman–Crippen LogP) is 3.66. The number of carbonyl (C=O) groups excluding carboxylic acids is 1. The van der Waals surface area contributed by atoms with E-state index in [2.05, 4.69) is 25.2 Å². The van der Waals surface area contributed by atoms with Gasteiger partial charge in [0.05, 0.1) is 0 Å². The Morgan fingerprint density at radius 2 is 1.85 bits per heavy atom. The van der Waals surface area contributed by atoms with E-state index in [9.17, 15) is 4.79 Å². The smallest absolute Gasteiger partial charge is 0.130 e. The van der Waals surface area contributed by atoms with Gasteiger partial charge >= 0.3 is 0 Å². The molecule has 0 atom stereocenters. The average molecular weight is 180 g/mol. The van der Waals surface area contributed by atoms with Crippen molar-refractivity contribution in [2.24, 2.45) is 0 Å². The molecule has 0 spiro atoms. The Bertz CT molecular complexity index is 199. The molecule has 0 aliphatic rings. The number of hydrogen-bond acceptors (Lipinski definition) is 1. The van der Waals surface area contributed by atoms with Crippen LogP contribution in [-0.2, 0) is 4.79 Å². The lowest BCUT2D eigenvalue weighted by molar-refractivity contribution is -0.116. The van der Waals surface area contributed by atoms with Crippen molar-refractivity contribution in [3.63, 3.8) is 0 Å². The van der Waals surface area contributed by atoms with Crippen LogP contribution in [0.25, 0.3) is 0 Å². The van der Waals surface area contributed by atoms with Crippen LogP contribution in [0.2, 0.25) is 0 Å². The molecule has 1 nitrogen and oxygen atoms in total. The molecule has 0 aliphatic heterocycles. The van der Waals surface area contributed by atoms with Crippen LogP contribution in [0.5, 0.6) is 0 Å². The molecule has 0 heterocycles. The first-order chi connectivity index (χ1) is 6.16. The molecule has 13 heavy (non-hydrogen) atoms. The van der Waals surface area contributed by atoms with E-state index < -0.39 is 0 Å². The Labute approximate surface area is 81.5 Å². The van der Waals surface area contributed by atoms with Gasteiger partial charge in [0, 0.05) is 6.42 Å². The standard InChI is InChI=1S/C12H20O/c1-4-5-6-8-11(2)9-7-10-12(3)13/h4-5,9H,6-8,10H2,1-3H3/b5-4?,11-9-. The molecule has 0 fully saturated rings. The third-order valence-corrected chi connectivity index (χ3v) is 1.93. The summed E-state index contributed by atoms with van der Waals surface area (Å²) in [6.45, 7) is 5.81. The lowest BCUT2D eigenvalue weighted by Gasteiger charge is -1.97. The summed E-state index contributed by atoms with van der Waals surface area (Å²) in [5.74, 6) is 0.275. The Morgan fingerprint density at radius 1 is 1.15 bits per heavy atom. The van der Waals surface area contributed by atoms with Crippen LogP contribution in [0, 0.1) is 0 Å². The van der Waals surface area contributed by atoms with E-state index >= 15 is 0 Å². The molecular formula is C12H20O. The zero-order valence-electron chi connectivity index (χ0n) is 8.97. The number of hydrogen-bond donors (Lipinski definition) is 0. The van der Waals surface area contributed by atoms with E-state index in [0.717, 1.165) is 19.3 Å². The third-order valence-electron chi connectivity index (χ3n) is 1.93. The summed E-state index contributed by atoms with van der Waals surface area (Å²) in [4.78, 5) is 10.6. The van der Waals surface area contributed by atoms with Crippen LogP contribution in [0.4, 0.5) is 0 Å². The summed E-state index contributed by atoms with van der Waals surface area (Å²) < 4.78 is 0. The van der Waals surface area contributed by atoms with Crippen molar-refractivity contribution < 1.29 is 4.79 Å². The lowest BCUT2D eigenvalue weighted by Crippen LogP contribution is -1.87. The molecule has 0 aromatic carbocycles. The molecule has 1 heteroatoms. The quantitative estimate of drug-likeness (QED) is 0.570. The van der Waals surface area contributed by atoms with E-state index in [1.807, 2.05) is 6.92 Å². The first kappa shape index (κ1) is 12.2. The fourth-order valence-electron chi connectivity index (χ4n) is 1.10. The highest BCUT2D eigenvalue weighted by Crippen LogP contribution is 2.06. The Hall–Kier alpha value is -0.850. The summed E-state index contributed by atoms with van der Waals surface area (Å²) in [5, 5.41) is 0. The van der Waals surface area contributed by atoms with E-state index in [-0.39, 0.29) is 5.78 Å². The summed E-state index contributed by atoms with van der Waals surface area (Å²) in [7, 11) is 0. The summed E-state index contributed by atoms with van der Waals surface area (Å²) >= 11 is 0. The minimum absolute atomic E-state index is 0.275. The molecule has 0 amide bonds. The maximum absolute atomic E-state index is 10.6. The number of allylic oxidation sites excluding steroid dienone is 4. The zero-order chi connectivity index (χ0) is 10.1. The molecule has 74 valence electrons. The molecule has 0 aliphatic carbocycles. The average Bonchev–Trinajstić information content (AvgIpc) is 2.04. The zero-order valence-corrected chi connectivity index (χ0v) is 8.97. The minimum Gasteiger partial charge on any atom is -0.300 e. The number of rotatable bonds is 6. The van der Waals surface area contributed by atoms with Crippen LogP contribution < -0.4 is 0 Å². The monoisotopic (exact) mass is 180 g/mol. The highest BCUT2D eigenvalue weighted by Gasteiger charge is 1.91. The van der Waals surface area contributed by atoms with Gasteiger partial charge in [-0.1, -0.05) is 23.8 Å². The van der Waals surface area contributed by atoms with Gasteiger partial charge in [0.25, 0.3) is 0 Å². The molecule has 0 unspecified atom stereocenters. The van der Waals surface area contributed by atoms with Gasteiger partial charge in [-0.25, -0.2) is 0 Å². The second-order valence-corrected chi connectivity index (χ2v) is 3.40. The first-order valence-corrected chi connectivity index (χ1v) is 4.93. The number of carbonyl (C=O) groups is 1. The van der Waals surface area contributed by atoms with Crippen molar-refractivity contribution in [3.05, 3.63) is 23.8 Å².